The molecule has 2 N–H and O–H groups in total. The topological polar surface area (TPSA) is 86.3 Å². The van der Waals surface area contributed by atoms with Crippen molar-refractivity contribution in [2.45, 2.75) is 19.3 Å². The number of hydrogen-bond acceptors (Lipinski definition) is 3. The number of carboxylic acid groups (broad SMARTS) is 1. The van der Waals surface area contributed by atoms with Crippen molar-refractivity contribution < 1.29 is 14.7 Å². The molecule has 0 bridgehead atoms. The Bertz CT molecular complexity index is 402. The van der Waals surface area contributed by atoms with E-state index in [4.69, 9.17) is 5.11 Å². The third-order valence-electron chi connectivity index (χ3n) is 3.02. The lowest BCUT2D eigenvalue weighted by Gasteiger charge is -2.30. The van der Waals surface area contributed by atoms with Gasteiger partial charge in [0.2, 0.25) is 5.91 Å². The zero-order chi connectivity index (χ0) is 12.3. The predicted molar refractivity (Wildman–Crippen MR) is 59.2 cm³/mol. The number of likely N-dealkylation sites (tertiary alicyclic amines) is 1. The molecule has 1 aromatic rings. The highest BCUT2D eigenvalue weighted by Crippen LogP contribution is 2.17. The minimum Gasteiger partial charge on any atom is -0.481 e. The van der Waals surface area contributed by atoms with Gasteiger partial charge in [-0.25, -0.2) is 0 Å². The van der Waals surface area contributed by atoms with Crippen molar-refractivity contribution in [2.24, 2.45) is 5.92 Å². The molecule has 0 radical (unpaired) electrons. The molecule has 17 heavy (non-hydrogen) atoms. The van der Waals surface area contributed by atoms with Crippen molar-refractivity contribution in [1.82, 2.24) is 15.1 Å². The summed E-state index contributed by atoms with van der Waals surface area (Å²) in [5.74, 6) is -1.28. The molecule has 1 saturated heterocycles. The van der Waals surface area contributed by atoms with Gasteiger partial charge in [-0.2, -0.15) is 5.10 Å². The molecule has 1 aromatic heterocycles. The van der Waals surface area contributed by atoms with E-state index >= 15 is 0 Å². The fourth-order valence-corrected chi connectivity index (χ4v) is 2.06. The number of nitrogens with one attached hydrogen (secondary N) is 1. The average molecular weight is 237 g/mol. The van der Waals surface area contributed by atoms with Gasteiger partial charge in [0.25, 0.3) is 0 Å². The number of carbonyl (C=O) groups is 2. The van der Waals surface area contributed by atoms with E-state index in [1.165, 1.54) is 0 Å². The van der Waals surface area contributed by atoms with Crippen LogP contribution >= 0.6 is 0 Å². The number of hydrogen-bond donors (Lipinski definition) is 2. The van der Waals surface area contributed by atoms with E-state index in [-0.39, 0.29) is 12.3 Å². The number of carboxylic acids is 1. The highest BCUT2D eigenvalue weighted by Gasteiger charge is 2.28. The molecule has 6 nitrogen and oxygen atoms in total. The second kappa shape index (κ2) is 4.99. The normalized spacial score (nSPS) is 20.2. The van der Waals surface area contributed by atoms with Crippen LogP contribution in [0, 0.1) is 5.92 Å². The molecule has 1 fully saturated rings. The molecule has 0 saturated carbocycles. The molecule has 0 aliphatic carbocycles. The number of piperidine rings is 1. The third kappa shape index (κ3) is 2.83. The maximum Gasteiger partial charge on any atom is 0.308 e. The molecule has 1 atom stereocenters. The quantitative estimate of drug-likeness (QED) is 0.790. The van der Waals surface area contributed by atoms with E-state index in [1.807, 2.05) is 0 Å². The smallest absolute Gasteiger partial charge is 0.308 e. The summed E-state index contributed by atoms with van der Waals surface area (Å²) >= 11 is 0. The van der Waals surface area contributed by atoms with Gasteiger partial charge in [-0.3, -0.25) is 14.7 Å². The Balaban J connectivity index is 1.93. The summed E-state index contributed by atoms with van der Waals surface area (Å²) in [6.45, 7) is 0.971. The first-order valence-electron chi connectivity index (χ1n) is 5.65. The fraction of sp³-hybridized carbons (Fsp3) is 0.545. The molecule has 2 rings (SSSR count). The zero-order valence-electron chi connectivity index (χ0n) is 9.43. The highest BCUT2D eigenvalue weighted by atomic mass is 16.4. The molecule has 1 amide bonds. The lowest BCUT2D eigenvalue weighted by molar-refractivity contribution is -0.145. The first-order valence-corrected chi connectivity index (χ1v) is 5.65. The second-order valence-electron chi connectivity index (χ2n) is 4.28. The van der Waals surface area contributed by atoms with Crippen molar-refractivity contribution in [1.29, 1.82) is 0 Å². The number of aromatic amines is 1. The number of carbonyl (C=O) groups excluding carboxylic acids is 1. The second-order valence-corrected chi connectivity index (χ2v) is 4.28. The summed E-state index contributed by atoms with van der Waals surface area (Å²) in [5.41, 5.74) is 0.757. The average Bonchev–Trinajstić information content (AvgIpc) is 2.82. The maximum atomic E-state index is 11.9. The predicted octanol–water partition coefficient (Wildman–Crippen LogP) is 0.275. The van der Waals surface area contributed by atoms with Crippen molar-refractivity contribution in [2.75, 3.05) is 13.1 Å². The van der Waals surface area contributed by atoms with Gasteiger partial charge in [0.05, 0.1) is 12.3 Å². The molecule has 0 unspecified atom stereocenters. The summed E-state index contributed by atoms with van der Waals surface area (Å²) in [6.07, 6.45) is 3.26. The summed E-state index contributed by atoms with van der Waals surface area (Å²) in [5, 5.41) is 15.4. The molecular weight excluding hydrogens is 222 g/mol. The van der Waals surface area contributed by atoms with Crippen LogP contribution in [0.2, 0.25) is 0 Å². The Morgan fingerprint density at radius 3 is 3.06 bits per heavy atom. The van der Waals surface area contributed by atoms with Crippen LogP contribution in [0.5, 0.6) is 0 Å². The third-order valence-corrected chi connectivity index (χ3v) is 3.02. The van der Waals surface area contributed by atoms with Crippen LogP contribution < -0.4 is 0 Å². The molecule has 2 heterocycles. The largest absolute Gasteiger partial charge is 0.481 e. The Morgan fingerprint density at radius 1 is 1.59 bits per heavy atom. The van der Waals surface area contributed by atoms with Crippen LogP contribution in [0.4, 0.5) is 0 Å². The van der Waals surface area contributed by atoms with Crippen LogP contribution in [0.1, 0.15) is 18.5 Å². The van der Waals surface area contributed by atoms with Gasteiger partial charge in [-0.05, 0) is 18.9 Å². The Morgan fingerprint density at radius 2 is 2.41 bits per heavy atom. The van der Waals surface area contributed by atoms with Crippen molar-refractivity contribution >= 4 is 11.9 Å². The SMILES string of the molecule is O=C(O)[C@H]1CCCN(C(=O)Cc2ccn[nH]2)C1. The van der Waals surface area contributed by atoms with Crippen LogP contribution in [-0.4, -0.2) is 45.2 Å². The van der Waals surface area contributed by atoms with Gasteiger partial charge in [0.1, 0.15) is 0 Å². The number of nitrogens with zero attached hydrogens (tertiary/aromatic N) is 2. The summed E-state index contributed by atoms with van der Waals surface area (Å²) in [7, 11) is 0. The number of aliphatic carboxylic acids is 1. The minimum atomic E-state index is -0.816. The Labute approximate surface area is 98.6 Å². The van der Waals surface area contributed by atoms with E-state index < -0.39 is 11.9 Å². The van der Waals surface area contributed by atoms with E-state index in [0.29, 0.717) is 19.5 Å². The standard InChI is InChI=1S/C11H15N3O3/c15-10(6-9-3-4-12-13-9)14-5-1-2-8(7-14)11(16)17/h3-4,8H,1-2,5-7H2,(H,12,13)(H,16,17)/t8-/m0/s1. The Kier molecular flexibility index (Phi) is 3.41. The van der Waals surface area contributed by atoms with Crippen molar-refractivity contribution in [3.05, 3.63) is 18.0 Å². The number of H-pyrrole nitrogens is 1. The van der Waals surface area contributed by atoms with Crippen molar-refractivity contribution in [3.63, 3.8) is 0 Å². The lowest BCUT2D eigenvalue weighted by Crippen LogP contribution is -2.43. The molecule has 6 heteroatoms. The van der Waals surface area contributed by atoms with Crippen LogP contribution in [-0.2, 0) is 16.0 Å². The van der Waals surface area contributed by atoms with Crippen LogP contribution in [0.3, 0.4) is 0 Å². The monoisotopic (exact) mass is 237 g/mol. The van der Waals surface area contributed by atoms with E-state index in [9.17, 15) is 9.59 Å². The number of amides is 1. The maximum absolute atomic E-state index is 11.9. The fourth-order valence-electron chi connectivity index (χ4n) is 2.06. The molecule has 0 spiro atoms. The van der Waals surface area contributed by atoms with Gasteiger partial charge in [-0.1, -0.05) is 0 Å². The van der Waals surface area contributed by atoms with Gasteiger partial charge >= 0.3 is 5.97 Å². The van der Waals surface area contributed by atoms with Gasteiger partial charge in [-0.15, -0.1) is 0 Å². The summed E-state index contributed by atoms with van der Waals surface area (Å²) in [6, 6.07) is 1.75. The lowest BCUT2D eigenvalue weighted by atomic mass is 9.98. The zero-order valence-corrected chi connectivity index (χ0v) is 9.43. The van der Waals surface area contributed by atoms with Gasteiger partial charge in [0.15, 0.2) is 0 Å². The minimum absolute atomic E-state index is 0.0415. The molecule has 92 valence electrons. The van der Waals surface area contributed by atoms with Crippen molar-refractivity contribution in [3.8, 4) is 0 Å². The van der Waals surface area contributed by atoms with E-state index in [1.54, 1.807) is 17.2 Å². The van der Waals surface area contributed by atoms with Gasteiger partial charge in [0, 0.05) is 25.0 Å². The van der Waals surface area contributed by atoms with Crippen LogP contribution in [0.25, 0.3) is 0 Å². The molecule has 0 aromatic carbocycles. The summed E-state index contributed by atoms with van der Waals surface area (Å²) < 4.78 is 0. The van der Waals surface area contributed by atoms with E-state index in [2.05, 4.69) is 10.2 Å². The first-order chi connectivity index (χ1) is 8.16. The number of aromatic nitrogens is 2. The Hall–Kier alpha value is -1.85. The first kappa shape index (κ1) is 11.6. The van der Waals surface area contributed by atoms with E-state index in [0.717, 1.165) is 12.1 Å². The molecular formula is C11H15N3O3. The molecule has 1 aliphatic heterocycles. The summed E-state index contributed by atoms with van der Waals surface area (Å²) in [4.78, 5) is 24.4. The highest BCUT2D eigenvalue weighted by molar-refractivity contribution is 5.79. The van der Waals surface area contributed by atoms with Crippen LogP contribution in [0.15, 0.2) is 12.3 Å². The molecule has 1 aliphatic rings. The van der Waals surface area contributed by atoms with Gasteiger partial charge < -0.3 is 10.0 Å². The number of rotatable bonds is 3.